The Bertz CT molecular complexity index is 612. The highest BCUT2D eigenvalue weighted by molar-refractivity contribution is 7.80. The zero-order chi connectivity index (χ0) is 16.4. The van der Waals surface area contributed by atoms with Crippen molar-refractivity contribution >= 4 is 58.1 Å². The van der Waals surface area contributed by atoms with Crippen molar-refractivity contribution in [1.29, 1.82) is 0 Å². The summed E-state index contributed by atoms with van der Waals surface area (Å²) in [7, 11) is 0. The molecule has 21 heavy (non-hydrogen) atoms. The molecule has 0 aliphatic rings. The number of carboxylic acids is 1. The molecule has 1 amide bonds. The molecular weight excluding hydrogens is 335 g/mol. The molecule has 0 saturated heterocycles. The van der Waals surface area contributed by atoms with Crippen LogP contribution in [0.2, 0.25) is 10.0 Å². The number of rotatable bonds is 2. The van der Waals surface area contributed by atoms with E-state index in [-0.39, 0.29) is 32.3 Å². The maximum Gasteiger partial charge on any atom is 0.335 e. The third-order valence-corrected chi connectivity index (χ3v) is 3.44. The van der Waals surface area contributed by atoms with Crippen LogP contribution in [0.25, 0.3) is 0 Å². The second-order valence-corrected chi connectivity index (χ2v) is 6.48. The summed E-state index contributed by atoms with van der Waals surface area (Å²) in [5, 5.41) is 14.3. The van der Waals surface area contributed by atoms with Crippen LogP contribution in [0.1, 0.15) is 31.1 Å². The van der Waals surface area contributed by atoms with E-state index in [1.54, 1.807) is 20.8 Å². The predicted octanol–water partition coefficient (Wildman–Crippen LogP) is 3.55. The van der Waals surface area contributed by atoms with Crippen molar-refractivity contribution in [3.05, 3.63) is 27.7 Å². The van der Waals surface area contributed by atoms with Gasteiger partial charge in [0.2, 0.25) is 5.91 Å². The molecule has 8 heteroatoms. The Hall–Kier alpha value is -1.37. The molecule has 1 aromatic rings. The number of nitrogens with one attached hydrogen (secondary N) is 2. The lowest BCUT2D eigenvalue weighted by Crippen LogP contribution is -2.41. The number of halogens is 2. The molecule has 0 aromatic heterocycles. The van der Waals surface area contributed by atoms with Gasteiger partial charge >= 0.3 is 5.97 Å². The third-order valence-electron chi connectivity index (χ3n) is 2.43. The van der Waals surface area contributed by atoms with E-state index in [2.05, 4.69) is 10.6 Å². The van der Waals surface area contributed by atoms with Crippen molar-refractivity contribution in [1.82, 2.24) is 5.32 Å². The molecule has 0 heterocycles. The van der Waals surface area contributed by atoms with Gasteiger partial charge in [0.25, 0.3) is 0 Å². The Morgan fingerprint density at radius 1 is 1.24 bits per heavy atom. The number of amides is 1. The molecule has 0 spiro atoms. The molecule has 1 rings (SSSR count). The average molecular weight is 349 g/mol. The molecule has 0 unspecified atom stereocenters. The molecule has 5 nitrogen and oxygen atoms in total. The molecule has 0 bridgehead atoms. The minimum Gasteiger partial charge on any atom is -0.478 e. The highest BCUT2D eigenvalue weighted by Gasteiger charge is 2.22. The van der Waals surface area contributed by atoms with Crippen molar-refractivity contribution < 1.29 is 14.7 Å². The first kappa shape index (κ1) is 17.7. The van der Waals surface area contributed by atoms with E-state index >= 15 is 0 Å². The van der Waals surface area contributed by atoms with Crippen molar-refractivity contribution in [3.63, 3.8) is 0 Å². The van der Waals surface area contributed by atoms with Gasteiger partial charge in [0, 0.05) is 5.41 Å². The lowest BCUT2D eigenvalue weighted by Gasteiger charge is -2.19. The van der Waals surface area contributed by atoms with Crippen LogP contribution in [0.3, 0.4) is 0 Å². The molecule has 114 valence electrons. The van der Waals surface area contributed by atoms with Crippen molar-refractivity contribution in [2.24, 2.45) is 5.41 Å². The number of hydrogen-bond donors (Lipinski definition) is 3. The number of anilines is 1. The Morgan fingerprint density at radius 2 is 1.81 bits per heavy atom. The summed E-state index contributed by atoms with van der Waals surface area (Å²) in [4.78, 5) is 22.8. The van der Waals surface area contributed by atoms with Gasteiger partial charge in [0.15, 0.2) is 5.11 Å². The van der Waals surface area contributed by atoms with E-state index in [0.29, 0.717) is 0 Å². The highest BCUT2D eigenvalue weighted by atomic mass is 35.5. The topological polar surface area (TPSA) is 78.4 Å². The molecule has 0 saturated carbocycles. The van der Waals surface area contributed by atoms with Crippen LogP contribution < -0.4 is 10.6 Å². The summed E-state index contributed by atoms with van der Waals surface area (Å²) in [6.45, 7) is 5.21. The number of carbonyl (C=O) groups is 2. The average Bonchev–Trinajstić information content (AvgIpc) is 2.33. The highest BCUT2D eigenvalue weighted by Crippen LogP contribution is 2.31. The van der Waals surface area contributed by atoms with Crippen molar-refractivity contribution in [3.8, 4) is 0 Å². The molecule has 1 aromatic carbocycles. The SMILES string of the molecule is CC(C)(C)C(=O)NC(=S)Nc1cc(C(=O)O)cc(Cl)c1Cl. The Balaban J connectivity index is 2.95. The normalized spacial score (nSPS) is 10.9. The van der Waals surface area contributed by atoms with Gasteiger partial charge in [-0.3, -0.25) is 4.79 Å². The first-order chi connectivity index (χ1) is 9.52. The van der Waals surface area contributed by atoms with Gasteiger partial charge in [0.1, 0.15) is 0 Å². The zero-order valence-corrected chi connectivity index (χ0v) is 13.9. The van der Waals surface area contributed by atoms with E-state index in [4.69, 9.17) is 40.5 Å². The summed E-state index contributed by atoms with van der Waals surface area (Å²) in [6, 6.07) is 2.51. The lowest BCUT2D eigenvalue weighted by atomic mass is 9.96. The second kappa shape index (κ2) is 6.60. The molecule has 0 radical (unpaired) electrons. The van der Waals surface area contributed by atoms with Crippen LogP contribution >= 0.6 is 35.4 Å². The fourth-order valence-electron chi connectivity index (χ4n) is 1.25. The molecule has 0 fully saturated rings. The number of aromatic carboxylic acids is 1. The summed E-state index contributed by atoms with van der Waals surface area (Å²) < 4.78 is 0. The van der Waals surface area contributed by atoms with Crippen LogP contribution in [-0.2, 0) is 4.79 Å². The Labute approximate surface area is 137 Å². The molecule has 0 aliphatic heterocycles. The summed E-state index contributed by atoms with van der Waals surface area (Å²) in [6.07, 6.45) is 0. The van der Waals surface area contributed by atoms with Gasteiger partial charge in [-0.1, -0.05) is 44.0 Å². The number of hydrogen-bond acceptors (Lipinski definition) is 3. The Kier molecular flexibility index (Phi) is 5.55. The van der Waals surface area contributed by atoms with Gasteiger partial charge in [-0.15, -0.1) is 0 Å². The van der Waals surface area contributed by atoms with Crippen molar-refractivity contribution in [2.75, 3.05) is 5.32 Å². The Morgan fingerprint density at radius 3 is 2.29 bits per heavy atom. The summed E-state index contributed by atoms with van der Waals surface area (Å²) in [5.41, 5.74) is -0.451. The van der Waals surface area contributed by atoms with Crippen molar-refractivity contribution in [2.45, 2.75) is 20.8 Å². The van der Waals surface area contributed by atoms with E-state index in [0.717, 1.165) is 0 Å². The largest absolute Gasteiger partial charge is 0.478 e. The van der Waals surface area contributed by atoms with E-state index < -0.39 is 11.4 Å². The smallest absolute Gasteiger partial charge is 0.335 e. The summed E-state index contributed by atoms with van der Waals surface area (Å²) in [5.74, 6) is -1.43. The lowest BCUT2D eigenvalue weighted by molar-refractivity contribution is -0.126. The van der Waals surface area contributed by atoms with Gasteiger partial charge in [0.05, 0.1) is 21.3 Å². The number of thiocarbonyl (C=S) groups is 1. The zero-order valence-electron chi connectivity index (χ0n) is 11.6. The second-order valence-electron chi connectivity index (χ2n) is 5.28. The minimum absolute atomic E-state index is 0.00966. The first-order valence-corrected chi connectivity index (χ1v) is 7.03. The predicted molar refractivity (Wildman–Crippen MR) is 87.2 cm³/mol. The van der Waals surface area contributed by atoms with E-state index in [1.165, 1.54) is 12.1 Å². The monoisotopic (exact) mass is 348 g/mol. The minimum atomic E-state index is -1.15. The van der Waals surface area contributed by atoms with Crippen LogP contribution in [0.5, 0.6) is 0 Å². The van der Waals surface area contributed by atoms with E-state index in [1.807, 2.05) is 0 Å². The molecule has 0 aliphatic carbocycles. The maximum absolute atomic E-state index is 11.8. The number of carboxylic acid groups (broad SMARTS) is 1. The maximum atomic E-state index is 11.8. The molecule has 0 atom stereocenters. The standard InChI is InChI=1S/C13H14Cl2N2O3S/c1-13(2,3)11(20)17-12(21)16-8-5-6(10(18)19)4-7(14)9(8)15/h4-5H,1-3H3,(H,18,19)(H2,16,17,20,21). The van der Waals surface area contributed by atoms with Crippen LogP contribution in [0, 0.1) is 5.41 Å². The van der Waals surface area contributed by atoms with E-state index in [9.17, 15) is 9.59 Å². The fraction of sp³-hybridized carbons (Fsp3) is 0.308. The number of carbonyl (C=O) groups excluding carboxylic acids is 1. The quantitative estimate of drug-likeness (QED) is 0.712. The molecule has 3 N–H and O–H groups in total. The van der Waals surface area contributed by atoms with Gasteiger partial charge in [-0.25, -0.2) is 4.79 Å². The summed E-state index contributed by atoms with van der Waals surface area (Å²) >= 11 is 16.8. The van der Waals surface area contributed by atoms with Gasteiger partial charge in [-0.05, 0) is 24.4 Å². The fourth-order valence-corrected chi connectivity index (χ4v) is 1.83. The van der Waals surface area contributed by atoms with Crippen LogP contribution in [0.4, 0.5) is 5.69 Å². The number of benzene rings is 1. The van der Waals surface area contributed by atoms with Crippen LogP contribution in [0.15, 0.2) is 12.1 Å². The molecular formula is C13H14Cl2N2O3S. The third kappa shape index (κ3) is 4.84. The first-order valence-electron chi connectivity index (χ1n) is 5.87. The van der Waals surface area contributed by atoms with Gasteiger partial charge < -0.3 is 15.7 Å². The van der Waals surface area contributed by atoms with Gasteiger partial charge in [-0.2, -0.15) is 0 Å². The van der Waals surface area contributed by atoms with Crippen LogP contribution in [-0.4, -0.2) is 22.1 Å².